The van der Waals surface area contributed by atoms with Gasteiger partial charge in [-0.1, -0.05) is 47.5 Å². The quantitative estimate of drug-likeness (QED) is 0.259. The highest BCUT2D eigenvalue weighted by molar-refractivity contribution is 7.91. The maximum absolute atomic E-state index is 13.6. The summed E-state index contributed by atoms with van der Waals surface area (Å²) in [5.74, 6) is -1.47. The number of oxazole rings is 1. The molecule has 0 fully saturated rings. The predicted molar refractivity (Wildman–Crippen MR) is 123 cm³/mol. The van der Waals surface area contributed by atoms with Crippen LogP contribution in [-0.4, -0.2) is 13.4 Å². The van der Waals surface area contributed by atoms with E-state index < -0.39 is 54.7 Å². The first-order valence-corrected chi connectivity index (χ1v) is 12.1. The van der Waals surface area contributed by atoms with Crippen molar-refractivity contribution in [3.63, 3.8) is 0 Å². The number of rotatable bonds is 6. The van der Waals surface area contributed by atoms with E-state index in [-0.39, 0.29) is 16.6 Å². The van der Waals surface area contributed by atoms with Gasteiger partial charge < -0.3 is 9.73 Å². The Kier molecular flexibility index (Phi) is 6.81. The Labute approximate surface area is 207 Å². The van der Waals surface area contributed by atoms with E-state index in [1.807, 2.05) is 0 Å². The minimum atomic E-state index is -4.75. The van der Waals surface area contributed by atoms with Gasteiger partial charge in [-0.25, -0.2) is 12.8 Å². The van der Waals surface area contributed by atoms with Crippen molar-refractivity contribution in [3.8, 4) is 11.5 Å². The van der Waals surface area contributed by atoms with Gasteiger partial charge in [-0.3, -0.25) is 0 Å². The molecule has 0 saturated carbocycles. The average Bonchev–Trinajstić information content (AvgIpc) is 3.25. The fraction of sp³-hybridized carbons (Fsp3) is 0.0870. The Morgan fingerprint density at radius 2 is 1.66 bits per heavy atom. The third-order valence-electron chi connectivity index (χ3n) is 4.86. The normalized spacial score (nSPS) is 12.1. The molecule has 0 radical (unpaired) electrons. The lowest BCUT2D eigenvalue weighted by Crippen LogP contribution is -2.08. The number of hydrogen-bond donors (Lipinski definition) is 1. The number of sulfone groups is 1. The molecule has 0 amide bonds. The smallest absolute Gasteiger partial charge is 0.417 e. The van der Waals surface area contributed by atoms with Crippen molar-refractivity contribution in [2.45, 2.75) is 22.6 Å². The van der Waals surface area contributed by atoms with Crippen LogP contribution in [0.4, 0.5) is 23.4 Å². The molecule has 35 heavy (non-hydrogen) atoms. The Hall–Kier alpha value is -3.08. The minimum absolute atomic E-state index is 0.0401. The highest BCUT2D eigenvalue weighted by Gasteiger charge is 2.36. The summed E-state index contributed by atoms with van der Waals surface area (Å²) in [7, 11) is -4.49. The number of halogens is 6. The molecule has 0 spiro atoms. The standard InChI is InChI=1S/C23H14Cl2F4N2O3S/c24-14-7-10-18(25)19(11-14)35(32,33)22-21(30-12-13-5-8-15(26)9-6-13)34-20(31-22)16-3-1-2-4-17(16)23(27,28)29/h1-11,30H,12H2. The van der Waals surface area contributed by atoms with Crippen LogP contribution in [0.5, 0.6) is 0 Å². The summed E-state index contributed by atoms with van der Waals surface area (Å²) in [6.07, 6.45) is -4.75. The average molecular weight is 545 g/mol. The van der Waals surface area contributed by atoms with Crippen molar-refractivity contribution >= 4 is 38.9 Å². The summed E-state index contributed by atoms with van der Waals surface area (Å²) in [6.45, 7) is -0.0401. The van der Waals surface area contributed by atoms with Gasteiger partial charge in [0.2, 0.25) is 26.6 Å². The van der Waals surface area contributed by atoms with Crippen molar-refractivity contribution in [1.82, 2.24) is 4.98 Å². The number of hydrogen-bond acceptors (Lipinski definition) is 5. The van der Waals surface area contributed by atoms with E-state index in [0.717, 1.165) is 18.2 Å². The second kappa shape index (κ2) is 9.52. The van der Waals surface area contributed by atoms with Gasteiger partial charge in [-0.2, -0.15) is 18.2 Å². The lowest BCUT2D eigenvalue weighted by atomic mass is 10.1. The molecule has 0 unspecified atom stereocenters. The van der Waals surface area contributed by atoms with E-state index in [0.29, 0.717) is 5.56 Å². The third kappa shape index (κ3) is 5.29. The van der Waals surface area contributed by atoms with Crippen LogP contribution in [-0.2, 0) is 22.6 Å². The Morgan fingerprint density at radius 3 is 2.34 bits per heavy atom. The molecule has 4 aromatic rings. The van der Waals surface area contributed by atoms with Gasteiger partial charge in [0.05, 0.1) is 15.5 Å². The van der Waals surface area contributed by atoms with E-state index in [1.54, 1.807) is 0 Å². The first kappa shape index (κ1) is 25.0. The molecule has 3 aromatic carbocycles. The van der Waals surface area contributed by atoms with Crippen LogP contribution >= 0.6 is 23.2 Å². The Balaban J connectivity index is 1.85. The molecular weight excluding hydrogens is 531 g/mol. The highest BCUT2D eigenvalue weighted by atomic mass is 35.5. The monoisotopic (exact) mass is 544 g/mol. The Morgan fingerprint density at radius 1 is 0.971 bits per heavy atom. The molecule has 0 atom stereocenters. The van der Waals surface area contributed by atoms with Crippen LogP contribution in [0.2, 0.25) is 10.0 Å². The molecule has 0 saturated heterocycles. The molecule has 1 N–H and O–H groups in total. The SMILES string of the molecule is O=S(=O)(c1cc(Cl)ccc1Cl)c1nc(-c2ccccc2C(F)(F)F)oc1NCc1ccc(F)cc1. The maximum Gasteiger partial charge on any atom is 0.417 e. The number of nitrogens with one attached hydrogen (secondary N) is 1. The lowest BCUT2D eigenvalue weighted by molar-refractivity contribution is -0.137. The van der Waals surface area contributed by atoms with E-state index in [1.165, 1.54) is 48.5 Å². The molecule has 182 valence electrons. The topological polar surface area (TPSA) is 72.2 Å². The maximum atomic E-state index is 13.6. The van der Waals surface area contributed by atoms with Gasteiger partial charge in [0.1, 0.15) is 5.82 Å². The zero-order valence-corrected chi connectivity index (χ0v) is 19.7. The van der Waals surface area contributed by atoms with Gasteiger partial charge in [0.15, 0.2) is 0 Å². The number of nitrogens with zero attached hydrogens (tertiary/aromatic N) is 1. The molecule has 4 rings (SSSR count). The number of aromatic nitrogens is 1. The van der Waals surface area contributed by atoms with E-state index >= 15 is 0 Å². The summed E-state index contributed by atoms with van der Waals surface area (Å²) >= 11 is 12.0. The van der Waals surface area contributed by atoms with Crippen LogP contribution in [0.1, 0.15) is 11.1 Å². The molecule has 0 aliphatic heterocycles. The van der Waals surface area contributed by atoms with Crippen molar-refractivity contribution < 1.29 is 30.4 Å². The summed E-state index contributed by atoms with van der Waals surface area (Å²) in [5, 5.41) is 1.94. The lowest BCUT2D eigenvalue weighted by Gasteiger charge is -2.09. The van der Waals surface area contributed by atoms with Crippen molar-refractivity contribution in [2.24, 2.45) is 0 Å². The number of alkyl halides is 3. The highest BCUT2D eigenvalue weighted by Crippen LogP contribution is 2.40. The zero-order chi connectivity index (χ0) is 25.4. The molecule has 1 aromatic heterocycles. The van der Waals surface area contributed by atoms with Gasteiger partial charge in [0, 0.05) is 17.1 Å². The minimum Gasteiger partial charge on any atom is -0.419 e. The second-order valence-electron chi connectivity index (χ2n) is 7.25. The van der Waals surface area contributed by atoms with Gasteiger partial charge in [-0.05, 0) is 48.0 Å². The van der Waals surface area contributed by atoms with Crippen LogP contribution in [0.25, 0.3) is 11.5 Å². The van der Waals surface area contributed by atoms with Crippen LogP contribution < -0.4 is 5.32 Å². The summed E-state index contributed by atoms with van der Waals surface area (Å²) in [5.41, 5.74) is -0.969. The summed E-state index contributed by atoms with van der Waals surface area (Å²) in [6, 6.07) is 13.5. The van der Waals surface area contributed by atoms with Crippen LogP contribution in [0, 0.1) is 5.82 Å². The van der Waals surface area contributed by atoms with Gasteiger partial charge in [0.25, 0.3) is 0 Å². The van der Waals surface area contributed by atoms with Crippen molar-refractivity contribution in [3.05, 3.63) is 93.7 Å². The summed E-state index contributed by atoms with van der Waals surface area (Å²) < 4.78 is 86.3. The molecule has 5 nitrogen and oxygen atoms in total. The van der Waals surface area contributed by atoms with Gasteiger partial charge in [-0.15, -0.1) is 0 Å². The number of benzene rings is 3. The molecule has 0 bridgehead atoms. The van der Waals surface area contributed by atoms with Gasteiger partial charge >= 0.3 is 6.18 Å². The zero-order valence-electron chi connectivity index (χ0n) is 17.4. The van der Waals surface area contributed by atoms with E-state index in [4.69, 9.17) is 27.6 Å². The molecule has 0 aliphatic rings. The van der Waals surface area contributed by atoms with Crippen LogP contribution in [0.3, 0.4) is 0 Å². The molecule has 0 aliphatic carbocycles. The van der Waals surface area contributed by atoms with Crippen molar-refractivity contribution in [2.75, 3.05) is 5.32 Å². The second-order valence-corrected chi connectivity index (χ2v) is 9.93. The molecular formula is C23H14Cl2F4N2O3S. The fourth-order valence-electron chi connectivity index (χ4n) is 3.20. The van der Waals surface area contributed by atoms with E-state index in [9.17, 15) is 26.0 Å². The first-order valence-electron chi connectivity index (χ1n) is 9.82. The predicted octanol–water partition coefficient (Wildman–Crippen LogP) is 7.25. The van der Waals surface area contributed by atoms with E-state index in [2.05, 4.69) is 10.3 Å². The fourth-order valence-corrected chi connectivity index (χ4v) is 5.24. The largest absolute Gasteiger partial charge is 0.419 e. The number of anilines is 1. The first-order chi connectivity index (χ1) is 16.5. The van der Waals surface area contributed by atoms with Crippen LogP contribution in [0.15, 0.2) is 81.1 Å². The summed E-state index contributed by atoms with van der Waals surface area (Å²) in [4.78, 5) is 3.52. The Bertz CT molecular complexity index is 1490. The molecule has 1 heterocycles. The third-order valence-corrected chi connectivity index (χ3v) is 7.24. The molecule has 12 heteroatoms. The van der Waals surface area contributed by atoms with Crippen molar-refractivity contribution in [1.29, 1.82) is 0 Å².